The van der Waals surface area contributed by atoms with E-state index in [1.807, 2.05) is 0 Å². The third-order valence-electron chi connectivity index (χ3n) is 3.11. The Morgan fingerprint density at radius 1 is 1.50 bits per heavy atom. The number of anilines is 1. The van der Waals surface area contributed by atoms with Crippen LogP contribution < -0.4 is 10.6 Å². The fraction of sp³-hybridized carbons (Fsp3) is 0.500. The van der Waals surface area contributed by atoms with Crippen molar-refractivity contribution in [1.29, 1.82) is 0 Å². The van der Waals surface area contributed by atoms with Crippen LogP contribution in [0, 0.1) is 10.1 Å². The smallest absolute Gasteiger partial charge is 0.283 e. The van der Waals surface area contributed by atoms with Crippen molar-refractivity contribution < 1.29 is 4.92 Å². The number of hydrogen-bond acceptors (Lipinski definition) is 4. The Labute approximate surface area is 114 Å². The summed E-state index contributed by atoms with van der Waals surface area (Å²) in [6, 6.07) is 5.50. The van der Waals surface area contributed by atoms with Crippen molar-refractivity contribution in [3.8, 4) is 0 Å². The normalized spacial score (nSPS) is 19.5. The summed E-state index contributed by atoms with van der Waals surface area (Å²) in [7, 11) is 0. The van der Waals surface area contributed by atoms with Crippen molar-refractivity contribution in [2.45, 2.75) is 25.3 Å². The number of nitro benzene ring substituents is 1. The quantitative estimate of drug-likeness (QED) is 0.662. The standard InChI is InChI=1S/C12H16BrN3O2/c13-11-7-9(4-5-12(11)16(17)18)15-8-10-3-1-2-6-14-10/h4-5,7,10,14-15H,1-3,6,8H2. The Morgan fingerprint density at radius 2 is 2.33 bits per heavy atom. The summed E-state index contributed by atoms with van der Waals surface area (Å²) in [5.74, 6) is 0. The van der Waals surface area contributed by atoms with Crippen LogP contribution in [-0.4, -0.2) is 24.1 Å². The highest BCUT2D eigenvalue weighted by molar-refractivity contribution is 9.10. The number of nitrogens with zero attached hydrogens (tertiary/aromatic N) is 1. The lowest BCUT2D eigenvalue weighted by Crippen LogP contribution is -2.39. The van der Waals surface area contributed by atoms with Crippen LogP contribution in [0.1, 0.15) is 19.3 Å². The lowest BCUT2D eigenvalue weighted by molar-refractivity contribution is -0.385. The fourth-order valence-electron chi connectivity index (χ4n) is 2.10. The number of benzene rings is 1. The van der Waals surface area contributed by atoms with Crippen LogP contribution >= 0.6 is 15.9 Å². The summed E-state index contributed by atoms with van der Waals surface area (Å²) in [4.78, 5) is 10.3. The molecule has 0 aromatic heterocycles. The summed E-state index contributed by atoms with van der Waals surface area (Å²) < 4.78 is 0.508. The van der Waals surface area contributed by atoms with E-state index >= 15 is 0 Å². The average Bonchev–Trinajstić information content (AvgIpc) is 2.37. The zero-order chi connectivity index (χ0) is 13.0. The molecule has 0 radical (unpaired) electrons. The van der Waals surface area contributed by atoms with Crippen LogP contribution in [0.3, 0.4) is 0 Å². The highest BCUT2D eigenvalue weighted by Crippen LogP contribution is 2.27. The summed E-state index contributed by atoms with van der Waals surface area (Å²) >= 11 is 3.22. The molecule has 1 aromatic rings. The van der Waals surface area contributed by atoms with Gasteiger partial charge >= 0.3 is 0 Å². The van der Waals surface area contributed by atoms with Gasteiger partial charge in [-0.15, -0.1) is 0 Å². The minimum Gasteiger partial charge on any atom is -0.383 e. The molecular formula is C12H16BrN3O2. The summed E-state index contributed by atoms with van der Waals surface area (Å²) in [5.41, 5.74) is 0.996. The van der Waals surface area contributed by atoms with E-state index in [2.05, 4.69) is 26.6 Å². The Balaban J connectivity index is 1.93. The van der Waals surface area contributed by atoms with Gasteiger partial charge in [0.25, 0.3) is 5.69 Å². The second-order valence-corrected chi connectivity index (χ2v) is 5.31. The molecule has 5 nitrogen and oxygen atoms in total. The number of rotatable bonds is 4. The molecular weight excluding hydrogens is 298 g/mol. The van der Waals surface area contributed by atoms with Gasteiger partial charge in [0.2, 0.25) is 0 Å². The maximum absolute atomic E-state index is 10.7. The van der Waals surface area contributed by atoms with Crippen LogP contribution in [-0.2, 0) is 0 Å². The molecule has 0 amide bonds. The van der Waals surface area contributed by atoms with Gasteiger partial charge in [0.05, 0.1) is 9.40 Å². The molecule has 1 unspecified atom stereocenters. The van der Waals surface area contributed by atoms with Crippen LogP contribution in [0.2, 0.25) is 0 Å². The first-order valence-electron chi connectivity index (χ1n) is 6.08. The van der Waals surface area contributed by atoms with Crippen molar-refractivity contribution in [2.75, 3.05) is 18.4 Å². The Hall–Kier alpha value is -1.14. The van der Waals surface area contributed by atoms with E-state index in [1.54, 1.807) is 12.1 Å². The molecule has 1 aromatic carbocycles. The lowest BCUT2D eigenvalue weighted by Gasteiger charge is -2.24. The predicted molar refractivity (Wildman–Crippen MR) is 74.9 cm³/mol. The van der Waals surface area contributed by atoms with Crippen molar-refractivity contribution in [2.24, 2.45) is 0 Å². The van der Waals surface area contributed by atoms with Crippen molar-refractivity contribution >= 4 is 27.3 Å². The van der Waals surface area contributed by atoms with E-state index in [0.717, 1.165) is 18.8 Å². The predicted octanol–water partition coefficient (Wildman–Crippen LogP) is 2.91. The van der Waals surface area contributed by atoms with Crippen molar-refractivity contribution in [3.63, 3.8) is 0 Å². The Morgan fingerprint density at radius 3 is 2.94 bits per heavy atom. The molecule has 1 aliphatic heterocycles. The van der Waals surface area contributed by atoms with E-state index in [9.17, 15) is 10.1 Å². The number of nitrogens with one attached hydrogen (secondary N) is 2. The zero-order valence-corrected chi connectivity index (χ0v) is 11.6. The molecule has 1 saturated heterocycles. The van der Waals surface area contributed by atoms with E-state index < -0.39 is 4.92 Å². The monoisotopic (exact) mass is 313 g/mol. The van der Waals surface area contributed by atoms with Gasteiger partial charge in [-0.05, 0) is 47.4 Å². The topological polar surface area (TPSA) is 67.2 Å². The van der Waals surface area contributed by atoms with E-state index in [0.29, 0.717) is 10.5 Å². The molecule has 0 spiro atoms. The van der Waals surface area contributed by atoms with E-state index in [1.165, 1.54) is 25.3 Å². The van der Waals surface area contributed by atoms with Gasteiger partial charge in [-0.2, -0.15) is 0 Å². The van der Waals surface area contributed by atoms with Crippen LogP contribution in [0.15, 0.2) is 22.7 Å². The molecule has 0 bridgehead atoms. The summed E-state index contributed by atoms with van der Waals surface area (Å²) in [6.07, 6.45) is 3.70. The van der Waals surface area contributed by atoms with Crippen LogP contribution in [0.25, 0.3) is 0 Å². The van der Waals surface area contributed by atoms with Gasteiger partial charge < -0.3 is 10.6 Å². The molecule has 1 atom stereocenters. The molecule has 18 heavy (non-hydrogen) atoms. The molecule has 0 aliphatic carbocycles. The van der Waals surface area contributed by atoms with Crippen LogP contribution in [0.5, 0.6) is 0 Å². The molecule has 2 rings (SSSR count). The minimum absolute atomic E-state index is 0.0938. The molecule has 2 N–H and O–H groups in total. The lowest BCUT2D eigenvalue weighted by atomic mass is 10.1. The first-order chi connectivity index (χ1) is 8.66. The van der Waals surface area contributed by atoms with Gasteiger partial charge in [-0.25, -0.2) is 0 Å². The molecule has 98 valence electrons. The van der Waals surface area contributed by atoms with E-state index in [-0.39, 0.29) is 5.69 Å². The summed E-state index contributed by atoms with van der Waals surface area (Å²) in [6.45, 7) is 1.93. The molecule has 1 fully saturated rings. The number of nitro groups is 1. The van der Waals surface area contributed by atoms with Gasteiger partial charge in [0, 0.05) is 24.3 Å². The Bertz CT molecular complexity index is 433. The van der Waals surface area contributed by atoms with Crippen molar-refractivity contribution in [1.82, 2.24) is 5.32 Å². The maximum atomic E-state index is 10.7. The first-order valence-corrected chi connectivity index (χ1v) is 6.87. The van der Waals surface area contributed by atoms with Gasteiger partial charge in [-0.3, -0.25) is 10.1 Å². The number of piperidine rings is 1. The summed E-state index contributed by atoms with van der Waals surface area (Å²) in [5, 5.41) is 17.4. The molecule has 6 heteroatoms. The second-order valence-electron chi connectivity index (χ2n) is 4.45. The third-order valence-corrected chi connectivity index (χ3v) is 3.74. The number of halogens is 1. The van der Waals surface area contributed by atoms with Gasteiger partial charge in [-0.1, -0.05) is 6.42 Å². The average molecular weight is 314 g/mol. The SMILES string of the molecule is O=[N+]([O-])c1ccc(NCC2CCCCN2)cc1Br. The third kappa shape index (κ3) is 3.43. The molecule has 1 aliphatic rings. The second kappa shape index (κ2) is 6.15. The van der Waals surface area contributed by atoms with Crippen molar-refractivity contribution in [3.05, 3.63) is 32.8 Å². The van der Waals surface area contributed by atoms with Gasteiger partial charge in [0.1, 0.15) is 0 Å². The first kappa shape index (κ1) is 13.3. The Kier molecular flexibility index (Phi) is 4.54. The fourth-order valence-corrected chi connectivity index (χ4v) is 2.63. The minimum atomic E-state index is -0.392. The molecule has 0 saturated carbocycles. The van der Waals surface area contributed by atoms with Gasteiger partial charge in [0.15, 0.2) is 0 Å². The van der Waals surface area contributed by atoms with E-state index in [4.69, 9.17) is 0 Å². The molecule has 1 heterocycles. The maximum Gasteiger partial charge on any atom is 0.283 e. The largest absolute Gasteiger partial charge is 0.383 e. The van der Waals surface area contributed by atoms with Crippen LogP contribution in [0.4, 0.5) is 11.4 Å². The number of hydrogen-bond donors (Lipinski definition) is 2. The zero-order valence-electron chi connectivity index (χ0n) is 9.99. The highest BCUT2D eigenvalue weighted by atomic mass is 79.9. The highest BCUT2D eigenvalue weighted by Gasteiger charge is 2.14.